The van der Waals surface area contributed by atoms with Crippen LogP contribution in [0.2, 0.25) is 0 Å². The number of hydrogen-bond donors (Lipinski definition) is 2. The smallest absolute Gasteiger partial charge is 0.160 e. The summed E-state index contributed by atoms with van der Waals surface area (Å²) in [4.78, 5) is 13.4. The number of hydrogen-bond acceptors (Lipinski definition) is 5. The van der Waals surface area contributed by atoms with Crippen molar-refractivity contribution in [2.75, 3.05) is 13.7 Å². The maximum absolute atomic E-state index is 11.1. The van der Waals surface area contributed by atoms with Gasteiger partial charge < -0.3 is 14.9 Å². The lowest BCUT2D eigenvalue weighted by molar-refractivity contribution is 0.112. The van der Waals surface area contributed by atoms with Crippen molar-refractivity contribution < 1.29 is 19.7 Å². The number of carbonyl (C=O) groups is 1. The molecule has 4 rings (SSSR count). The van der Waals surface area contributed by atoms with Gasteiger partial charge in [-0.1, -0.05) is 0 Å². The Balaban J connectivity index is 1.77. The molecule has 0 fully saturated rings. The first kappa shape index (κ1) is 15.0. The summed E-state index contributed by atoms with van der Waals surface area (Å²) in [5, 5.41) is 20.1. The molecule has 24 heavy (non-hydrogen) atoms. The number of nitrogens with zero attached hydrogens (tertiary/aromatic N) is 1. The molecule has 124 valence electrons. The maximum Gasteiger partial charge on any atom is 0.160 e. The molecule has 0 bridgehead atoms. The Labute approximate surface area is 140 Å². The molecule has 2 aliphatic heterocycles. The third kappa shape index (κ3) is 2.24. The molecule has 2 aliphatic rings. The van der Waals surface area contributed by atoms with Crippen LogP contribution in [0, 0.1) is 0 Å². The largest absolute Gasteiger partial charge is 0.507 e. The molecule has 1 atom stereocenters. The van der Waals surface area contributed by atoms with Gasteiger partial charge in [-0.25, -0.2) is 0 Å². The Morgan fingerprint density at radius 1 is 1.12 bits per heavy atom. The lowest BCUT2D eigenvalue weighted by atomic mass is 9.83. The molecular formula is C19H19NO4. The number of carbonyl (C=O) groups excluding carboxylic acids is 1. The van der Waals surface area contributed by atoms with Crippen LogP contribution >= 0.6 is 0 Å². The quantitative estimate of drug-likeness (QED) is 0.831. The van der Waals surface area contributed by atoms with E-state index in [0.29, 0.717) is 17.6 Å². The highest BCUT2D eigenvalue weighted by Crippen LogP contribution is 2.42. The summed E-state index contributed by atoms with van der Waals surface area (Å²) >= 11 is 0. The molecule has 0 amide bonds. The third-order valence-corrected chi connectivity index (χ3v) is 5.17. The summed E-state index contributed by atoms with van der Waals surface area (Å²) in [7, 11) is 1.56. The van der Waals surface area contributed by atoms with E-state index in [-0.39, 0.29) is 17.5 Å². The Kier molecular flexibility index (Phi) is 3.46. The number of fused-ring (bicyclic) bond motifs is 4. The summed E-state index contributed by atoms with van der Waals surface area (Å²) in [6.45, 7) is 1.65. The van der Waals surface area contributed by atoms with E-state index in [9.17, 15) is 15.0 Å². The molecule has 0 spiro atoms. The van der Waals surface area contributed by atoms with Crippen LogP contribution in [0.15, 0.2) is 24.3 Å². The summed E-state index contributed by atoms with van der Waals surface area (Å²) < 4.78 is 5.22. The maximum atomic E-state index is 11.1. The van der Waals surface area contributed by atoms with Crippen molar-refractivity contribution in [2.24, 2.45) is 0 Å². The fourth-order valence-corrected chi connectivity index (χ4v) is 3.92. The predicted octanol–water partition coefficient (Wildman–Crippen LogP) is 2.57. The normalized spacial score (nSPS) is 19.1. The zero-order valence-corrected chi connectivity index (χ0v) is 13.5. The number of phenols is 2. The zero-order chi connectivity index (χ0) is 16.8. The first-order chi connectivity index (χ1) is 11.6. The number of methoxy groups -OCH3 is 1. The molecule has 0 aliphatic carbocycles. The molecule has 0 aromatic heterocycles. The number of benzene rings is 2. The number of phenolic OH excluding ortho intramolecular Hbond substituents is 2. The Morgan fingerprint density at radius 3 is 2.71 bits per heavy atom. The van der Waals surface area contributed by atoms with Crippen molar-refractivity contribution >= 4 is 6.29 Å². The molecule has 2 heterocycles. The van der Waals surface area contributed by atoms with Gasteiger partial charge in [0.15, 0.2) is 17.8 Å². The average Bonchev–Trinajstić information content (AvgIpc) is 2.59. The van der Waals surface area contributed by atoms with Crippen LogP contribution in [0.1, 0.15) is 38.7 Å². The van der Waals surface area contributed by atoms with Gasteiger partial charge in [0.1, 0.15) is 5.75 Å². The standard InChI is InChI=1S/C19H19NO4/c1-24-19-7-11-2-3-20-9-13-6-17(22)14(10-21)4-12(13)5-16(20)15(11)8-18(19)23/h4,6-8,10,16,22-23H,2-3,5,9H2,1H3. The second-order valence-electron chi connectivity index (χ2n) is 6.46. The topological polar surface area (TPSA) is 70.0 Å². The van der Waals surface area contributed by atoms with E-state index in [1.165, 1.54) is 5.56 Å². The van der Waals surface area contributed by atoms with Gasteiger partial charge in [0.05, 0.1) is 12.7 Å². The van der Waals surface area contributed by atoms with Gasteiger partial charge in [0.25, 0.3) is 0 Å². The molecule has 0 radical (unpaired) electrons. The number of aldehydes is 1. The van der Waals surface area contributed by atoms with Crippen LogP contribution in [0.3, 0.4) is 0 Å². The molecular weight excluding hydrogens is 306 g/mol. The van der Waals surface area contributed by atoms with E-state index < -0.39 is 0 Å². The van der Waals surface area contributed by atoms with Crippen LogP contribution in [0.25, 0.3) is 0 Å². The SMILES string of the molecule is COc1cc2c(cc1O)C1Cc3cc(C=O)c(O)cc3CN1CC2. The van der Waals surface area contributed by atoms with Gasteiger partial charge in [0.2, 0.25) is 0 Å². The second kappa shape index (κ2) is 5.53. The minimum absolute atomic E-state index is 0.0435. The monoisotopic (exact) mass is 325 g/mol. The van der Waals surface area contributed by atoms with E-state index in [1.54, 1.807) is 25.3 Å². The van der Waals surface area contributed by atoms with Crippen LogP contribution in [-0.2, 0) is 19.4 Å². The molecule has 5 nitrogen and oxygen atoms in total. The predicted molar refractivity (Wildman–Crippen MR) is 88.7 cm³/mol. The van der Waals surface area contributed by atoms with Gasteiger partial charge in [-0.2, -0.15) is 0 Å². The van der Waals surface area contributed by atoms with Crippen LogP contribution < -0.4 is 4.74 Å². The number of ether oxygens (including phenoxy) is 1. The Hall–Kier alpha value is -2.53. The summed E-state index contributed by atoms with van der Waals surface area (Å²) in [6.07, 6.45) is 2.35. The van der Waals surface area contributed by atoms with E-state index in [2.05, 4.69) is 4.90 Å². The average molecular weight is 325 g/mol. The van der Waals surface area contributed by atoms with E-state index in [4.69, 9.17) is 4.74 Å². The van der Waals surface area contributed by atoms with Gasteiger partial charge in [-0.15, -0.1) is 0 Å². The number of rotatable bonds is 2. The van der Waals surface area contributed by atoms with Gasteiger partial charge in [0, 0.05) is 19.1 Å². The molecule has 2 N–H and O–H groups in total. The highest BCUT2D eigenvalue weighted by atomic mass is 16.5. The van der Waals surface area contributed by atoms with Crippen molar-refractivity contribution in [3.05, 3.63) is 52.1 Å². The highest BCUT2D eigenvalue weighted by Gasteiger charge is 2.33. The van der Waals surface area contributed by atoms with Crippen molar-refractivity contribution in [2.45, 2.75) is 25.4 Å². The summed E-state index contributed by atoms with van der Waals surface area (Å²) in [5.74, 6) is 0.705. The van der Waals surface area contributed by atoms with Crippen LogP contribution in [0.4, 0.5) is 0 Å². The van der Waals surface area contributed by atoms with E-state index in [0.717, 1.165) is 42.6 Å². The second-order valence-corrected chi connectivity index (χ2v) is 6.46. The first-order valence-corrected chi connectivity index (χ1v) is 8.04. The van der Waals surface area contributed by atoms with E-state index >= 15 is 0 Å². The van der Waals surface area contributed by atoms with Crippen LogP contribution in [-0.4, -0.2) is 35.1 Å². The van der Waals surface area contributed by atoms with Crippen molar-refractivity contribution in [1.29, 1.82) is 0 Å². The fraction of sp³-hybridized carbons (Fsp3) is 0.316. The minimum atomic E-state index is 0.0435. The van der Waals surface area contributed by atoms with E-state index in [1.807, 2.05) is 6.07 Å². The third-order valence-electron chi connectivity index (χ3n) is 5.17. The van der Waals surface area contributed by atoms with Crippen molar-refractivity contribution in [3.8, 4) is 17.2 Å². The Morgan fingerprint density at radius 2 is 1.96 bits per heavy atom. The van der Waals surface area contributed by atoms with Crippen molar-refractivity contribution in [3.63, 3.8) is 0 Å². The lowest BCUT2D eigenvalue weighted by Gasteiger charge is -2.41. The molecule has 5 heteroatoms. The molecule has 1 unspecified atom stereocenters. The zero-order valence-electron chi connectivity index (χ0n) is 13.5. The van der Waals surface area contributed by atoms with Gasteiger partial charge in [-0.05, 0) is 59.4 Å². The highest BCUT2D eigenvalue weighted by molar-refractivity contribution is 5.80. The molecule has 2 aromatic rings. The lowest BCUT2D eigenvalue weighted by Crippen LogP contribution is -2.39. The van der Waals surface area contributed by atoms with Gasteiger partial charge in [-0.3, -0.25) is 9.69 Å². The van der Waals surface area contributed by atoms with Gasteiger partial charge >= 0.3 is 0 Å². The summed E-state index contributed by atoms with van der Waals surface area (Å²) in [6, 6.07) is 7.38. The molecule has 2 aromatic carbocycles. The molecule has 0 saturated heterocycles. The van der Waals surface area contributed by atoms with Crippen LogP contribution in [0.5, 0.6) is 17.2 Å². The first-order valence-electron chi connectivity index (χ1n) is 8.04. The minimum Gasteiger partial charge on any atom is -0.507 e. The fourth-order valence-electron chi connectivity index (χ4n) is 3.92. The Bertz CT molecular complexity index is 831. The summed E-state index contributed by atoms with van der Waals surface area (Å²) in [5.41, 5.74) is 4.79. The number of aromatic hydroxyl groups is 2. The van der Waals surface area contributed by atoms with Crippen molar-refractivity contribution in [1.82, 2.24) is 4.90 Å². The molecule has 0 saturated carbocycles.